The van der Waals surface area contributed by atoms with Crippen molar-refractivity contribution in [3.05, 3.63) is 38.3 Å². The highest BCUT2D eigenvalue weighted by atomic mass is 35.5. The van der Waals surface area contributed by atoms with Gasteiger partial charge >= 0.3 is 5.69 Å². The van der Waals surface area contributed by atoms with Crippen LogP contribution in [0.1, 0.15) is 37.1 Å². The van der Waals surface area contributed by atoms with Gasteiger partial charge in [-0.3, -0.25) is 13.9 Å². The molecule has 3 aromatic heterocycles. The fraction of sp³-hybridized carbons (Fsp3) is 0.471. The van der Waals surface area contributed by atoms with Crippen molar-refractivity contribution < 1.29 is 4.52 Å². The van der Waals surface area contributed by atoms with E-state index < -0.39 is 11.2 Å². The molecule has 0 aromatic carbocycles. The summed E-state index contributed by atoms with van der Waals surface area (Å²) in [7, 11) is 3.02. The van der Waals surface area contributed by atoms with Crippen LogP contribution in [0.15, 0.2) is 20.2 Å². The van der Waals surface area contributed by atoms with Crippen molar-refractivity contribution in [3.8, 4) is 11.6 Å². The van der Waals surface area contributed by atoms with Gasteiger partial charge in [0.05, 0.1) is 10.9 Å². The number of aromatic nitrogens is 5. The van der Waals surface area contributed by atoms with E-state index in [0.717, 1.165) is 30.3 Å². The molecule has 144 valence electrons. The van der Waals surface area contributed by atoms with Crippen LogP contribution in [-0.2, 0) is 19.6 Å². The lowest BCUT2D eigenvalue weighted by Gasteiger charge is -2.17. The highest BCUT2D eigenvalue weighted by molar-refractivity contribution is 5.85. The molecular formula is C17H21ClN6O3. The molecule has 3 heterocycles. The molecule has 0 atom stereocenters. The first-order valence-corrected chi connectivity index (χ1v) is 8.52. The second-order valence-corrected chi connectivity index (χ2v) is 7.02. The van der Waals surface area contributed by atoms with Gasteiger partial charge in [0.25, 0.3) is 11.4 Å². The van der Waals surface area contributed by atoms with Crippen molar-refractivity contribution in [2.45, 2.75) is 38.1 Å². The van der Waals surface area contributed by atoms with Gasteiger partial charge in [-0.1, -0.05) is 18.0 Å². The zero-order valence-corrected chi connectivity index (χ0v) is 16.2. The molecule has 1 aliphatic rings. The summed E-state index contributed by atoms with van der Waals surface area (Å²) in [5, 5.41) is 4.43. The monoisotopic (exact) mass is 392 g/mol. The lowest BCUT2D eigenvalue weighted by Crippen LogP contribution is -2.37. The van der Waals surface area contributed by atoms with E-state index in [1.807, 2.05) is 0 Å². The van der Waals surface area contributed by atoms with Gasteiger partial charge in [0.1, 0.15) is 11.3 Å². The topological polar surface area (TPSA) is 122 Å². The van der Waals surface area contributed by atoms with Crippen LogP contribution < -0.4 is 17.0 Å². The maximum Gasteiger partial charge on any atom is 0.332 e. The summed E-state index contributed by atoms with van der Waals surface area (Å²) in [5.74, 6) is 0.706. The van der Waals surface area contributed by atoms with Crippen LogP contribution in [0, 0.1) is 6.92 Å². The Morgan fingerprint density at radius 3 is 2.48 bits per heavy atom. The first kappa shape index (κ1) is 19.2. The summed E-state index contributed by atoms with van der Waals surface area (Å²) in [4.78, 5) is 33.5. The Labute approximate surface area is 160 Å². The van der Waals surface area contributed by atoms with Gasteiger partial charge in [-0.15, -0.1) is 12.4 Å². The van der Waals surface area contributed by atoms with Crippen LogP contribution in [0.3, 0.4) is 0 Å². The SMILES string of the molecule is Cc1cc(-c2nc(C3(N)CCCC3)no2)nc2c1c(=O)n(C)c(=O)n2C.Cl. The molecule has 1 saturated carbocycles. The van der Waals surface area contributed by atoms with Gasteiger partial charge in [0.2, 0.25) is 0 Å². The Bertz CT molecular complexity index is 1140. The van der Waals surface area contributed by atoms with E-state index in [2.05, 4.69) is 15.1 Å². The van der Waals surface area contributed by atoms with E-state index in [9.17, 15) is 9.59 Å². The van der Waals surface area contributed by atoms with Crippen molar-refractivity contribution in [1.29, 1.82) is 0 Å². The van der Waals surface area contributed by atoms with Crippen molar-refractivity contribution in [3.63, 3.8) is 0 Å². The molecule has 0 saturated heterocycles. The summed E-state index contributed by atoms with van der Waals surface area (Å²) in [6.07, 6.45) is 3.72. The zero-order chi connectivity index (χ0) is 18.6. The normalized spacial score (nSPS) is 15.9. The molecule has 10 heteroatoms. The maximum atomic E-state index is 12.4. The second-order valence-electron chi connectivity index (χ2n) is 7.02. The molecule has 0 bridgehead atoms. The standard InChI is InChI=1S/C17H20N6O3.ClH/c1-9-8-10(13-20-15(21-26-13)17(18)6-4-5-7-17)19-12-11(9)14(24)23(3)16(25)22(12)2;/h8H,4-7,18H2,1-3H3;1H. The number of halogens is 1. The van der Waals surface area contributed by atoms with Crippen LogP contribution >= 0.6 is 12.4 Å². The molecule has 4 rings (SSSR count). The molecule has 0 amide bonds. The minimum atomic E-state index is -0.559. The van der Waals surface area contributed by atoms with Gasteiger partial charge < -0.3 is 10.3 Å². The van der Waals surface area contributed by atoms with Gasteiger partial charge in [0.15, 0.2) is 5.82 Å². The predicted molar refractivity (Wildman–Crippen MR) is 102 cm³/mol. The second kappa shape index (κ2) is 6.58. The van der Waals surface area contributed by atoms with E-state index in [4.69, 9.17) is 10.3 Å². The minimum Gasteiger partial charge on any atom is -0.332 e. The number of pyridine rings is 1. The van der Waals surface area contributed by atoms with Crippen LogP contribution in [0.4, 0.5) is 0 Å². The number of aryl methyl sites for hydroxylation is 2. The van der Waals surface area contributed by atoms with Crippen molar-refractivity contribution in [2.24, 2.45) is 19.8 Å². The van der Waals surface area contributed by atoms with Gasteiger partial charge in [-0.25, -0.2) is 9.78 Å². The van der Waals surface area contributed by atoms with Crippen molar-refractivity contribution in [2.75, 3.05) is 0 Å². The summed E-state index contributed by atoms with van der Waals surface area (Å²) in [6, 6.07) is 1.71. The Kier molecular flexibility index (Phi) is 4.69. The average Bonchev–Trinajstić information content (AvgIpc) is 3.27. The third kappa shape index (κ3) is 2.87. The molecule has 3 aromatic rings. The summed E-state index contributed by atoms with van der Waals surface area (Å²) < 4.78 is 7.79. The molecular weight excluding hydrogens is 372 g/mol. The molecule has 0 aliphatic heterocycles. The smallest absolute Gasteiger partial charge is 0.332 e. The van der Waals surface area contributed by atoms with E-state index in [1.54, 1.807) is 20.0 Å². The Balaban J connectivity index is 0.00000210. The van der Waals surface area contributed by atoms with Gasteiger partial charge in [0, 0.05) is 14.1 Å². The van der Waals surface area contributed by atoms with E-state index in [-0.39, 0.29) is 29.5 Å². The zero-order valence-electron chi connectivity index (χ0n) is 15.4. The summed E-state index contributed by atoms with van der Waals surface area (Å²) in [5.41, 5.74) is 6.39. The maximum absolute atomic E-state index is 12.4. The fourth-order valence-electron chi connectivity index (χ4n) is 3.60. The Morgan fingerprint density at radius 2 is 1.81 bits per heavy atom. The summed E-state index contributed by atoms with van der Waals surface area (Å²) >= 11 is 0. The number of hydrogen-bond acceptors (Lipinski definition) is 7. The molecule has 0 spiro atoms. The number of hydrogen-bond donors (Lipinski definition) is 1. The lowest BCUT2D eigenvalue weighted by molar-refractivity contribution is 0.372. The highest BCUT2D eigenvalue weighted by Crippen LogP contribution is 2.35. The Hall–Kier alpha value is -2.52. The van der Waals surface area contributed by atoms with Gasteiger partial charge in [-0.2, -0.15) is 4.98 Å². The molecule has 0 radical (unpaired) electrons. The number of rotatable bonds is 2. The van der Waals surface area contributed by atoms with E-state index >= 15 is 0 Å². The number of fused-ring (bicyclic) bond motifs is 1. The lowest BCUT2D eigenvalue weighted by atomic mass is 9.99. The van der Waals surface area contributed by atoms with Crippen LogP contribution in [0.5, 0.6) is 0 Å². The first-order valence-electron chi connectivity index (χ1n) is 8.52. The molecule has 1 fully saturated rings. The van der Waals surface area contributed by atoms with Gasteiger partial charge in [-0.05, 0) is 31.4 Å². The molecule has 1 aliphatic carbocycles. The number of nitrogens with zero attached hydrogens (tertiary/aromatic N) is 5. The largest absolute Gasteiger partial charge is 0.332 e. The van der Waals surface area contributed by atoms with Crippen molar-refractivity contribution >= 4 is 23.4 Å². The summed E-state index contributed by atoms with van der Waals surface area (Å²) in [6.45, 7) is 1.79. The highest BCUT2D eigenvalue weighted by Gasteiger charge is 2.36. The molecule has 2 N–H and O–H groups in total. The Morgan fingerprint density at radius 1 is 1.15 bits per heavy atom. The molecule has 27 heavy (non-hydrogen) atoms. The quantitative estimate of drug-likeness (QED) is 0.693. The average molecular weight is 393 g/mol. The van der Waals surface area contributed by atoms with Crippen LogP contribution in [-0.4, -0.2) is 24.3 Å². The van der Waals surface area contributed by atoms with E-state index in [1.165, 1.54) is 11.6 Å². The third-order valence-electron chi connectivity index (χ3n) is 5.19. The minimum absolute atomic E-state index is 0. The van der Waals surface area contributed by atoms with Crippen LogP contribution in [0.2, 0.25) is 0 Å². The first-order chi connectivity index (χ1) is 12.3. The van der Waals surface area contributed by atoms with Crippen molar-refractivity contribution in [1.82, 2.24) is 24.3 Å². The fourth-order valence-corrected chi connectivity index (χ4v) is 3.60. The third-order valence-corrected chi connectivity index (χ3v) is 5.19. The molecule has 9 nitrogen and oxygen atoms in total. The predicted octanol–water partition coefficient (Wildman–Crippen LogP) is 1.14. The molecule has 0 unspecified atom stereocenters. The van der Waals surface area contributed by atoms with Crippen LogP contribution in [0.25, 0.3) is 22.6 Å². The number of nitrogens with two attached hydrogens (primary N) is 1. The van der Waals surface area contributed by atoms with E-state index in [0.29, 0.717) is 22.5 Å².